The molecule has 0 fully saturated rings. The van der Waals surface area contributed by atoms with Crippen LogP contribution >= 0.6 is 11.3 Å². The van der Waals surface area contributed by atoms with Crippen LogP contribution in [0.1, 0.15) is 47.8 Å². The number of aliphatic carboxylic acids is 1. The summed E-state index contributed by atoms with van der Waals surface area (Å²) in [6.07, 6.45) is -2.24. The number of carbonyl (C=O) groups excluding carboxylic acids is 1. The third-order valence-electron chi connectivity index (χ3n) is 9.55. The van der Waals surface area contributed by atoms with E-state index in [1.807, 2.05) is 30.3 Å². The minimum Gasteiger partial charge on any atom is -0.481 e. The summed E-state index contributed by atoms with van der Waals surface area (Å²) in [7, 11) is 1.82. The maximum absolute atomic E-state index is 14.2. The van der Waals surface area contributed by atoms with Gasteiger partial charge in [0.05, 0.1) is 161 Å². The molecule has 1 atom stereocenters. The number of nitrogens with one attached hydrogen (secondary N) is 1. The number of likely N-dealkylation sites (N-methyl/N-ethyl adjacent to an activating group) is 1. The molecule has 0 radical (unpaired) electrons. The van der Waals surface area contributed by atoms with Crippen molar-refractivity contribution in [3.63, 3.8) is 0 Å². The Hall–Kier alpha value is -3.42. The molecule has 1 unspecified atom stereocenters. The van der Waals surface area contributed by atoms with E-state index in [0.29, 0.717) is 168 Å². The van der Waals surface area contributed by atoms with Crippen molar-refractivity contribution in [3.05, 3.63) is 56.8 Å². The number of halogens is 3. The first-order chi connectivity index (χ1) is 32.0. The number of nitrogens with zero attached hydrogens (tertiary/aromatic N) is 2. The van der Waals surface area contributed by atoms with Crippen molar-refractivity contribution in [2.45, 2.75) is 51.5 Å². The molecule has 1 aliphatic rings. The fourth-order valence-electron chi connectivity index (χ4n) is 6.14. The quantitative estimate of drug-likeness (QED) is 0.0771. The van der Waals surface area contributed by atoms with Gasteiger partial charge >= 0.3 is 12.1 Å². The van der Waals surface area contributed by atoms with Gasteiger partial charge in [-0.2, -0.15) is 13.2 Å². The van der Waals surface area contributed by atoms with Gasteiger partial charge in [-0.25, -0.2) is 4.99 Å². The number of benzene rings is 1. The predicted molar refractivity (Wildman–Crippen MR) is 242 cm³/mol. The molecule has 1 aromatic carbocycles. The zero-order valence-corrected chi connectivity index (χ0v) is 39.1. The van der Waals surface area contributed by atoms with E-state index >= 15 is 0 Å². The van der Waals surface area contributed by atoms with E-state index in [1.54, 1.807) is 12.1 Å². The summed E-state index contributed by atoms with van der Waals surface area (Å²) in [5.74, 6) is -0.781. The number of hydrogen-bond acceptors (Lipinski definition) is 17. The molecule has 66 heavy (non-hydrogen) atoms. The van der Waals surface area contributed by atoms with Crippen LogP contribution in [0.3, 0.4) is 0 Å². The number of nitrogens with two attached hydrogens (primary N) is 1. The lowest BCUT2D eigenvalue weighted by Gasteiger charge is -2.21. The van der Waals surface area contributed by atoms with E-state index in [2.05, 4.69) is 10.3 Å². The van der Waals surface area contributed by atoms with Gasteiger partial charge in [0.25, 0.3) is 0 Å². The smallest absolute Gasteiger partial charge is 0.416 e. The van der Waals surface area contributed by atoms with Crippen LogP contribution in [-0.4, -0.2) is 179 Å². The molecule has 0 bridgehead atoms. The third kappa shape index (κ3) is 25.6. The van der Waals surface area contributed by atoms with E-state index in [0.717, 1.165) is 4.88 Å². The van der Waals surface area contributed by atoms with Crippen LogP contribution in [0.15, 0.2) is 40.2 Å². The first kappa shape index (κ1) is 56.9. The number of carboxylic acids is 1. The number of ether oxygens (including phenoxy) is 10. The highest BCUT2D eigenvalue weighted by Gasteiger charge is 2.34. The van der Waals surface area contributed by atoms with Crippen LogP contribution < -0.4 is 11.1 Å². The predicted octanol–water partition coefficient (Wildman–Crippen LogP) is 4.75. The van der Waals surface area contributed by atoms with Crippen molar-refractivity contribution < 1.29 is 75.2 Å². The molecule has 2 heterocycles. The lowest BCUT2D eigenvalue weighted by atomic mass is 9.97. The molecule has 17 nitrogen and oxygen atoms in total. The van der Waals surface area contributed by atoms with E-state index in [9.17, 15) is 22.8 Å². The van der Waals surface area contributed by atoms with Crippen molar-refractivity contribution in [2.24, 2.45) is 10.7 Å². The molecule has 1 aromatic heterocycles. The average Bonchev–Trinajstić information content (AvgIpc) is 3.64. The maximum atomic E-state index is 14.2. The van der Waals surface area contributed by atoms with Gasteiger partial charge in [0.15, 0.2) is 5.78 Å². The Morgan fingerprint density at radius 2 is 1.23 bits per heavy atom. The molecular formula is C45H69F3N4O13S. The number of aliphatic imine (C=N–C) groups is 1. The number of carbonyl (C=O) groups is 2. The van der Waals surface area contributed by atoms with Gasteiger partial charge in [-0.05, 0) is 48.2 Å². The number of hydrogen-bond donors (Lipinski definition) is 3. The van der Waals surface area contributed by atoms with Crippen LogP contribution in [-0.2, 0) is 76.2 Å². The molecule has 0 spiro atoms. The average molecular weight is 963 g/mol. The Bertz CT molecular complexity index is 1700. The van der Waals surface area contributed by atoms with E-state index in [1.165, 1.54) is 23.5 Å². The molecule has 0 aliphatic carbocycles. The van der Waals surface area contributed by atoms with Crippen molar-refractivity contribution >= 4 is 40.7 Å². The van der Waals surface area contributed by atoms with Crippen molar-refractivity contribution in [3.8, 4) is 0 Å². The molecule has 374 valence electrons. The molecule has 1 aliphatic heterocycles. The van der Waals surface area contributed by atoms with E-state index < -0.39 is 23.8 Å². The summed E-state index contributed by atoms with van der Waals surface area (Å²) in [6, 6.07) is 5.48. The van der Waals surface area contributed by atoms with Gasteiger partial charge in [0.2, 0.25) is 0 Å². The van der Waals surface area contributed by atoms with Gasteiger partial charge in [-0.15, -0.1) is 11.3 Å². The largest absolute Gasteiger partial charge is 0.481 e. The second kappa shape index (κ2) is 34.8. The SMILES string of the molecule is CCC(NCc1ccc(CN(C)CCOCCOCCOCCOCCOCCOCCOCCOCCOCCOCCC(=O)O)cc1C(F)(F)F)C(=O)C1=Cc2sccc2N=C(N)C1. The van der Waals surface area contributed by atoms with Gasteiger partial charge in [-0.1, -0.05) is 19.1 Å². The second-order valence-corrected chi connectivity index (χ2v) is 15.8. The van der Waals surface area contributed by atoms with Gasteiger partial charge in [-0.3, -0.25) is 14.5 Å². The Morgan fingerprint density at radius 1 is 0.758 bits per heavy atom. The van der Waals surface area contributed by atoms with Crippen LogP contribution in [0.5, 0.6) is 0 Å². The minimum absolute atomic E-state index is 0.0192. The summed E-state index contributed by atoms with van der Waals surface area (Å²) in [4.78, 5) is 30.9. The van der Waals surface area contributed by atoms with E-state index in [-0.39, 0.29) is 37.3 Å². The van der Waals surface area contributed by atoms with Crippen LogP contribution in [0, 0.1) is 0 Å². The number of amidine groups is 1. The highest BCUT2D eigenvalue weighted by molar-refractivity contribution is 7.11. The molecule has 21 heteroatoms. The lowest BCUT2D eigenvalue weighted by Crippen LogP contribution is -2.37. The second-order valence-electron chi connectivity index (χ2n) is 14.8. The molecule has 0 saturated carbocycles. The topological polar surface area (TPSA) is 200 Å². The lowest BCUT2D eigenvalue weighted by molar-refractivity contribution is -0.139. The first-order valence-electron chi connectivity index (χ1n) is 22.2. The highest BCUT2D eigenvalue weighted by Crippen LogP contribution is 2.34. The van der Waals surface area contributed by atoms with Crippen LogP contribution in [0.4, 0.5) is 18.9 Å². The number of Topliss-reactive ketones (excluding diaryl/α,β-unsaturated/α-hetero) is 1. The van der Waals surface area contributed by atoms with Gasteiger partial charge in [0.1, 0.15) is 5.84 Å². The number of alkyl halides is 3. The monoisotopic (exact) mass is 962 g/mol. The normalized spacial score (nSPS) is 13.4. The summed E-state index contributed by atoms with van der Waals surface area (Å²) in [5, 5.41) is 13.4. The van der Waals surface area contributed by atoms with Gasteiger partial charge < -0.3 is 63.5 Å². The fraction of sp³-hybridized carbons (Fsp3) is 0.667. The number of thiophene rings is 1. The number of carboxylic acid groups (broad SMARTS) is 1. The fourth-order valence-corrected chi connectivity index (χ4v) is 6.93. The van der Waals surface area contributed by atoms with Gasteiger partial charge in [0, 0.05) is 31.6 Å². The number of fused-ring (bicyclic) bond motifs is 1. The maximum Gasteiger partial charge on any atom is 0.416 e. The zero-order valence-electron chi connectivity index (χ0n) is 38.3. The van der Waals surface area contributed by atoms with E-state index in [4.69, 9.17) is 58.2 Å². The standard InChI is InChI=1S/C45H69F3N4O13S/c1-3-39(44(55)37-31-41-40(7-29-66-41)51-42(49)32-37)50-33-36-5-4-35(30-38(36)45(46,47)48)34-52(2)8-10-57-12-14-59-16-18-61-20-22-63-24-26-65-28-27-64-25-23-62-21-19-60-17-15-58-13-11-56-9-6-43(53)54/h4-5,7,29-31,39,50H,3,6,8-28,32-34H2,1-2H3,(H2,49,51)(H,53,54). The molecule has 3 rings (SSSR count). The van der Waals surface area contributed by atoms with Crippen molar-refractivity contribution in [2.75, 3.05) is 146 Å². The van der Waals surface area contributed by atoms with Crippen molar-refractivity contribution in [1.82, 2.24) is 10.2 Å². The zero-order chi connectivity index (χ0) is 47.7. The molecule has 4 N–H and O–H groups in total. The summed E-state index contributed by atoms with van der Waals surface area (Å²) >= 11 is 1.45. The number of ketones is 1. The molecular weight excluding hydrogens is 894 g/mol. The molecule has 2 aromatic rings. The van der Waals surface area contributed by atoms with Crippen molar-refractivity contribution in [1.29, 1.82) is 0 Å². The molecule has 0 amide bonds. The first-order valence-corrected chi connectivity index (χ1v) is 23.1. The third-order valence-corrected chi connectivity index (χ3v) is 10.4. The van der Waals surface area contributed by atoms with Crippen LogP contribution in [0.2, 0.25) is 0 Å². The summed E-state index contributed by atoms with van der Waals surface area (Å²) in [6.45, 7) is 10.6. The number of rotatable bonds is 41. The summed E-state index contributed by atoms with van der Waals surface area (Å²) in [5.41, 5.74) is 7.08. The van der Waals surface area contributed by atoms with Crippen LogP contribution in [0.25, 0.3) is 6.08 Å². The Kier molecular flexibility index (Phi) is 30.0. The Balaban J connectivity index is 1.11. The minimum atomic E-state index is -4.57. The molecule has 0 saturated heterocycles. The Morgan fingerprint density at radius 3 is 1.68 bits per heavy atom. The highest BCUT2D eigenvalue weighted by atomic mass is 32.1. The summed E-state index contributed by atoms with van der Waals surface area (Å²) < 4.78 is 97.1. The Labute approximate surface area is 390 Å².